The van der Waals surface area contributed by atoms with E-state index in [1.807, 2.05) is 25.1 Å². The van der Waals surface area contributed by atoms with Gasteiger partial charge in [-0.2, -0.15) is 0 Å². The monoisotopic (exact) mass is 247 g/mol. The molecule has 18 heavy (non-hydrogen) atoms. The molecular formula is C14H14FNO2. The number of benzene rings is 2. The van der Waals surface area contributed by atoms with E-state index in [9.17, 15) is 9.18 Å². The third-order valence-corrected chi connectivity index (χ3v) is 2.94. The van der Waals surface area contributed by atoms with E-state index < -0.39 is 6.09 Å². The molecule has 0 spiro atoms. The Bertz CT molecular complexity index is 596. The van der Waals surface area contributed by atoms with Crippen LogP contribution in [0.5, 0.6) is 0 Å². The van der Waals surface area contributed by atoms with Gasteiger partial charge in [-0.25, -0.2) is 9.18 Å². The van der Waals surface area contributed by atoms with E-state index >= 15 is 0 Å². The standard InChI is InChI=1S/C14H14FNO2/c1-2-11-12-5-3-9(8-16-14(17)18)7-10(12)4-6-13(11)15/h3-7,16H,2,8H2,1H3,(H,17,18). The lowest BCUT2D eigenvalue weighted by atomic mass is 10.00. The second-order valence-corrected chi connectivity index (χ2v) is 4.09. The topological polar surface area (TPSA) is 49.3 Å². The lowest BCUT2D eigenvalue weighted by molar-refractivity contribution is 0.194. The quantitative estimate of drug-likeness (QED) is 0.874. The molecule has 2 aromatic carbocycles. The van der Waals surface area contributed by atoms with Gasteiger partial charge in [0.1, 0.15) is 5.82 Å². The highest BCUT2D eigenvalue weighted by molar-refractivity contribution is 5.86. The zero-order valence-corrected chi connectivity index (χ0v) is 10.0. The molecule has 2 rings (SSSR count). The molecule has 0 bridgehead atoms. The molecule has 0 radical (unpaired) electrons. The van der Waals surface area contributed by atoms with E-state index in [0.29, 0.717) is 12.0 Å². The summed E-state index contributed by atoms with van der Waals surface area (Å²) in [6, 6.07) is 8.71. The molecule has 4 heteroatoms. The van der Waals surface area contributed by atoms with E-state index in [-0.39, 0.29) is 12.4 Å². The zero-order valence-electron chi connectivity index (χ0n) is 10.0. The van der Waals surface area contributed by atoms with Gasteiger partial charge in [0.05, 0.1) is 0 Å². The van der Waals surface area contributed by atoms with Gasteiger partial charge in [-0.1, -0.05) is 25.1 Å². The molecule has 94 valence electrons. The number of nitrogens with one attached hydrogen (secondary N) is 1. The van der Waals surface area contributed by atoms with Crippen LogP contribution in [-0.2, 0) is 13.0 Å². The molecular weight excluding hydrogens is 233 g/mol. The van der Waals surface area contributed by atoms with Crippen LogP contribution in [0.25, 0.3) is 10.8 Å². The van der Waals surface area contributed by atoms with Crippen LogP contribution in [0.1, 0.15) is 18.1 Å². The molecule has 2 aromatic rings. The largest absolute Gasteiger partial charge is 0.465 e. The van der Waals surface area contributed by atoms with E-state index in [2.05, 4.69) is 5.32 Å². The number of carbonyl (C=O) groups is 1. The first-order chi connectivity index (χ1) is 8.61. The summed E-state index contributed by atoms with van der Waals surface area (Å²) in [7, 11) is 0. The Hall–Kier alpha value is -2.10. The Morgan fingerprint density at radius 3 is 2.78 bits per heavy atom. The fraction of sp³-hybridized carbons (Fsp3) is 0.214. The fourth-order valence-corrected chi connectivity index (χ4v) is 2.06. The maximum absolute atomic E-state index is 13.6. The summed E-state index contributed by atoms with van der Waals surface area (Å²) in [5.41, 5.74) is 1.56. The predicted octanol–water partition coefficient (Wildman–Crippen LogP) is 3.31. The van der Waals surface area contributed by atoms with E-state index in [1.165, 1.54) is 6.07 Å². The Morgan fingerprint density at radius 1 is 1.33 bits per heavy atom. The minimum atomic E-state index is -1.05. The first-order valence-electron chi connectivity index (χ1n) is 5.78. The van der Waals surface area contributed by atoms with E-state index in [1.54, 1.807) is 6.07 Å². The summed E-state index contributed by atoms with van der Waals surface area (Å²) in [6.07, 6.45) is -0.418. The first-order valence-corrected chi connectivity index (χ1v) is 5.78. The van der Waals surface area contributed by atoms with Crippen molar-refractivity contribution in [3.8, 4) is 0 Å². The minimum absolute atomic E-state index is 0.193. The Morgan fingerprint density at radius 2 is 2.11 bits per heavy atom. The number of fused-ring (bicyclic) bond motifs is 1. The highest BCUT2D eigenvalue weighted by atomic mass is 19.1. The van der Waals surface area contributed by atoms with Gasteiger partial charge in [0.25, 0.3) is 0 Å². The lowest BCUT2D eigenvalue weighted by Crippen LogP contribution is -2.19. The van der Waals surface area contributed by atoms with Crippen molar-refractivity contribution < 1.29 is 14.3 Å². The average molecular weight is 247 g/mol. The molecule has 0 aliphatic heterocycles. The van der Waals surface area contributed by atoms with Crippen molar-refractivity contribution in [2.75, 3.05) is 0 Å². The third kappa shape index (κ3) is 2.42. The molecule has 0 unspecified atom stereocenters. The first kappa shape index (κ1) is 12.4. The van der Waals surface area contributed by atoms with Crippen LogP contribution in [0.2, 0.25) is 0 Å². The van der Waals surface area contributed by atoms with Crippen LogP contribution >= 0.6 is 0 Å². The van der Waals surface area contributed by atoms with Crippen LogP contribution in [-0.4, -0.2) is 11.2 Å². The molecule has 0 atom stereocenters. The SMILES string of the molecule is CCc1c(F)ccc2cc(CNC(=O)O)ccc12. The molecule has 0 aliphatic rings. The summed E-state index contributed by atoms with van der Waals surface area (Å²) in [4.78, 5) is 10.4. The number of hydrogen-bond acceptors (Lipinski definition) is 1. The van der Waals surface area contributed by atoms with Crippen LogP contribution in [0.15, 0.2) is 30.3 Å². The predicted molar refractivity (Wildman–Crippen MR) is 68.1 cm³/mol. The molecule has 2 N–H and O–H groups in total. The van der Waals surface area contributed by atoms with Crippen molar-refractivity contribution in [1.29, 1.82) is 0 Å². The molecule has 0 aromatic heterocycles. The molecule has 0 aliphatic carbocycles. The van der Waals surface area contributed by atoms with Crippen LogP contribution in [0.4, 0.5) is 9.18 Å². The molecule has 0 saturated carbocycles. The van der Waals surface area contributed by atoms with Crippen LogP contribution in [0, 0.1) is 5.82 Å². The van der Waals surface area contributed by atoms with Crippen molar-refractivity contribution in [2.45, 2.75) is 19.9 Å². The summed E-state index contributed by atoms with van der Waals surface area (Å²) in [6.45, 7) is 2.17. The van der Waals surface area contributed by atoms with Crippen molar-refractivity contribution in [3.05, 3.63) is 47.3 Å². The van der Waals surface area contributed by atoms with Crippen molar-refractivity contribution in [2.24, 2.45) is 0 Å². The number of rotatable bonds is 3. The minimum Gasteiger partial charge on any atom is -0.465 e. The second-order valence-electron chi connectivity index (χ2n) is 4.09. The van der Waals surface area contributed by atoms with Gasteiger partial charge < -0.3 is 10.4 Å². The van der Waals surface area contributed by atoms with Gasteiger partial charge in [-0.15, -0.1) is 0 Å². The highest BCUT2D eigenvalue weighted by Crippen LogP contribution is 2.23. The smallest absolute Gasteiger partial charge is 0.404 e. The van der Waals surface area contributed by atoms with Gasteiger partial charge in [0.2, 0.25) is 0 Å². The van der Waals surface area contributed by atoms with Gasteiger partial charge in [-0.3, -0.25) is 0 Å². The summed E-state index contributed by atoms with van der Waals surface area (Å²) >= 11 is 0. The highest BCUT2D eigenvalue weighted by Gasteiger charge is 2.06. The fourth-order valence-electron chi connectivity index (χ4n) is 2.06. The van der Waals surface area contributed by atoms with Crippen molar-refractivity contribution in [1.82, 2.24) is 5.32 Å². The van der Waals surface area contributed by atoms with E-state index in [4.69, 9.17) is 5.11 Å². The van der Waals surface area contributed by atoms with Gasteiger partial charge in [0, 0.05) is 6.54 Å². The molecule has 1 amide bonds. The van der Waals surface area contributed by atoms with E-state index in [0.717, 1.165) is 16.3 Å². The Kier molecular flexibility index (Phi) is 3.46. The number of halogens is 1. The normalized spacial score (nSPS) is 10.6. The van der Waals surface area contributed by atoms with Gasteiger partial charge in [0.15, 0.2) is 0 Å². The maximum Gasteiger partial charge on any atom is 0.404 e. The number of carboxylic acid groups (broad SMARTS) is 1. The number of hydrogen-bond donors (Lipinski definition) is 2. The molecule has 0 heterocycles. The summed E-state index contributed by atoms with van der Waals surface area (Å²) in [5, 5.41) is 12.7. The molecule has 0 saturated heterocycles. The second kappa shape index (κ2) is 5.04. The third-order valence-electron chi connectivity index (χ3n) is 2.94. The molecule has 3 nitrogen and oxygen atoms in total. The van der Waals surface area contributed by atoms with Crippen molar-refractivity contribution in [3.63, 3.8) is 0 Å². The number of amides is 1. The summed E-state index contributed by atoms with van der Waals surface area (Å²) < 4.78 is 13.6. The molecule has 0 fully saturated rings. The number of aryl methyl sites for hydroxylation is 1. The van der Waals surface area contributed by atoms with Crippen molar-refractivity contribution >= 4 is 16.9 Å². The Labute approximate surface area is 104 Å². The summed E-state index contributed by atoms with van der Waals surface area (Å²) in [5.74, 6) is -0.193. The maximum atomic E-state index is 13.6. The van der Waals surface area contributed by atoms with Gasteiger partial charge >= 0.3 is 6.09 Å². The lowest BCUT2D eigenvalue weighted by Gasteiger charge is -2.08. The average Bonchev–Trinajstić information content (AvgIpc) is 2.36. The zero-order chi connectivity index (χ0) is 13.1. The van der Waals surface area contributed by atoms with Crippen LogP contribution in [0.3, 0.4) is 0 Å². The van der Waals surface area contributed by atoms with Gasteiger partial charge in [-0.05, 0) is 40.5 Å². The Balaban J connectivity index is 2.40. The van der Waals surface area contributed by atoms with Crippen LogP contribution < -0.4 is 5.32 Å².